The summed E-state index contributed by atoms with van der Waals surface area (Å²) in [5, 5.41) is 8.93. The van der Waals surface area contributed by atoms with E-state index in [2.05, 4.69) is 20.8 Å². The Kier molecular flexibility index (Phi) is 4.18. The first-order valence-electron chi connectivity index (χ1n) is 9.19. The van der Waals surface area contributed by atoms with E-state index in [0.717, 1.165) is 44.3 Å². The molecule has 24 heavy (non-hydrogen) atoms. The second-order valence-corrected chi connectivity index (χ2v) is 9.02. The van der Waals surface area contributed by atoms with Gasteiger partial charge in [0.15, 0.2) is 0 Å². The van der Waals surface area contributed by atoms with Gasteiger partial charge in [-0.25, -0.2) is 4.79 Å². The van der Waals surface area contributed by atoms with E-state index in [9.17, 15) is 9.59 Å². The van der Waals surface area contributed by atoms with Gasteiger partial charge in [0.1, 0.15) is 5.78 Å². The van der Waals surface area contributed by atoms with Gasteiger partial charge < -0.3 is 9.84 Å². The number of carbonyl (C=O) groups excluding carboxylic acids is 1. The molecule has 0 aromatic heterocycles. The van der Waals surface area contributed by atoms with E-state index in [1.54, 1.807) is 0 Å². The van der Waals surface area contributed by atoms with Crippen LogP contribution in [0.15, 0.2) is 11.6 Å². The fourth-order valence-electron chi connectivity index (χ4n) is 5.86. The van der Waals surface area contributed by atoms with Crippen LogP contribution in [-0.2, 0) is 14.3 Å². The summed E-state index contributed by atoms with van der Waals surface area (Å²) >= 11 is 0. The minimum Gasteiger partial charge on any atom is -0.478 e. The van der Waals surface area contributed by atoms with Gasteiger partial charge in [0, 0.05) is 17.9 Å². The van der Waals surface area contributed by atoms with Crippen LogP contribution < -0.4 is 0 Å². The third-order valence-electron chi connectivity index (χ3n) is 7.28. The number of fused-ring (bicyclic) bond motifs is 1. The molecule has 4 unspecified atom stereocenters. The summed E-state index contributed by atoms with van der Waals surface area (Å²) in [6.45, 7) is 9.32. The summed E-state index contributed by atoms with van der Waals surface area (Å²) in [6.07, 6.45) is 6.77. The first-order valence-corrected chi connectivity index (χ1v) is 9.19. The van der Waals surface area contributed by atoms with Gasteiger partial charge in [0.05, 0.1) is 12.2 Å². The molecule has 134 valence electrons. The van der Waals surface area contributed by atoms with Crippen molar-refractivity contribution in [2.24, 2.45) is 22.7 Å². The first-order chi connectivity index (χ1) is 11.1. The molecule has 0 radical (unpaired) electrons. The van der Waals surface area contributed by atoms with Gasteiger partial charge in [-0.1, -0.05) is 26.3 Å². The number of ketones is 1. The topological polar surface area (TPSA) is 66.9 Å². The van der Waals surface area contributed by atoms with E-state index in [4.69, 9.17) is 9.84 Å². The highest BCUT2D eigenvalue weighted by atomic mass is 16.6. The van der Waals surface area contributed by atoms with Gasteiger partial charge >= 0.3 is 5.97 Å². The molecule has 3 fully saturated rings. The Hall–Kier alpha value is -1.16. The molecule has 4 atom stereocenters. The highest BCUT2D eigenvalue weighted by Gasteiger charge is 2.66. The molecular weight excluding hydrogens is 304 g/mol. The summed E-state index contributed by atoms with van der Waals surface area (Å²) in [5.41, 5.74) is 0.754. The van der Waals surface area contributed by atoms with Crippen molar-refractivity contribution in [3.05, 3.63) is 11.6 Å². The molecule has 0 bridgehead atoms. The van der Waals surface area contributed by atoms with Crippen LogP contribution in [-0.4, -0.2) is 29.1 Å². The molecule has 2 saturated carbocycles. The van der Waals surface area contributed by atoms with Gasteiger partial charge in [0.25, 0.3) is 0 Å². The Morgan fingerprint density at radius 3 is 2.58 bits per heavy atom. The number of carboxylic acids is 1. The normalized spacial score (nSPS) is 41.2. The largest absolute Gasteiger partial charge is 0.478 e. The van der Waals surface area contributed by atoms with Crippen molar-refractivity contribution in [2.75, 3.05) is 6.61 Å². The Morgan fingerprint density at radius 1 is 1.33 bits per heavy atom. The average molecular weight is 334 g/mol. The molecule has 4 nitrogen and oxygen atoms in total. The van der Waals surface area contributed by atoms with Crippen LogP contribution in [0.3, 0.4) is 0 Å². The van der Waals surface area contributed by atoms with Crippen LogP contribution in [0.25, 0.3) is 0 Å². The number of carbonyl (C=O) groups is 2. The van der Waals surface area contributed by atoms with Crippen LogP contribution >= 0.6 is 0 Å². The summed E-state index contributed by atoms with van der Waals surface area (Å²) in [7, 11) is 0. The summed E-state index contributed by atoms with van der Waals surface area (Å²) in [5.74, 6) is 0.337. The van der Waals surface area contributed by atoms with E-state index in [0.29, 0.717) is 24.0 Å². The number of allylic oxidation sites excluding steroid dienone is 1. The fourth-order valence-corrected chi connectivity index (χ4v) is 5.86. The molecule has 0 aromatic rings. The van der Waals surface area contributed by atoms with E-state index >= 15 is 0 Å². The zero-order valence-corrected chi connectivity index (χ0v) is 15.4. The smallest absolute Gasteiger partial charge is 0.328 e. The Bertz CT molecular complexity index is 584. The van der Waals surface area contributed by atoms with Gasteiger partial charge in [-0.2, -0.15) is 0 Å². The molecule has 1 heterocycles. The number of rotatable bonds is 4. The highest BCUT2D eigenvalue weighted by molar-refractivity contribution is 5.85. The van der Waals surface area contributed by atoms with Gasteiger partial charge in [-0.05, 0) is 56.3 Å². The van der Waals surface area contributed by atoms with Crippen molar-refractivity contribution in [3.63, 3.8) is 0 Å². The van der Waals surface area contributed by atoms with Crippen LogP contribution in [0.4, 0.5) is 0 Å². The van der Waals surface area contributed by atoms with Crippen LogP contribution in [0.5, 0.6) is 0 Å². The van der Waals surface area contributed by atoms with Gasteiger partial charge in [-0.15, -0.1) is 0 Å². The molecule has 1 N–H and O–H groups in total. The highest BCUT2D eigenvalue weighted by Crippen LogP contribution is 2.65. The lowest BCUT2D eigenvalue weighted by Crippen LogP contribution is -2.57. The summed E-state index contributed by atoms with van der Waals surface area (Å²) in [4.78, 5) is 23.4. The lowest BCUT2D eigenvalue weighted by atomic mass is 9.45. The molecule has 0 aromatic carbocycles. The predicted molar refractivity (Wildman–Crippen MR) is 91.7 cm³/mol. The maximum absolute atomic E-state index is 12.5. The van der Waals surface area contributed by atoms with E-state index in [-0.39, 0.29) is 16.4 Å². The average Bonchev–Trinajstić information content (AvgIpc) is 3.22. The molecule has 1 aliphatic heterocycles. The maximum Gasteiger partial charge on any atom is 0.328 e. The van der Waals surface area contributed by atoms with Crippen molar-refractivity contribution in [1.29, 1.82) is 0 Å². The van der Waals surface area contributed by atoms with Crippen molar-refractivity contribution in [1.82, 2.24) is 0 Å². The molecule has 1 spiro atoms. The third kappa shape index (κ3) is 2.73. The maximum atomic E-state index is 12.5. The quantitative estimate of drug-likeness (QED) is 0.623. The minimum atomic E-state index is -0.873. The molecule has 2 aliphatic carbocycles. The number of carboxylic acid groups (broad SMARTS) is 1. The zero-order valence-electron chi connectivity index (χ0n) is 15.4. The molecule has 0 amide bonds. The standard InChI is InChI=1S/C20H30O4/c1-13(11-17(22)23)5-6-15-19(4)9-8-16(21)18(2,3)14(19)7-10-20(15)12-24-20/h11,14-15H,5-10,12H2,1-4H3,(H,22,23). The Labute approximate surface area is 144 Å². The minimum absolute atomic E-state index is 0.00871. The predicted octanol–water partition coefficient (Wildman–Crippen LogP) is 3.99. The van der Waals surface area contributed by atoms with E-state index in [1.807, 2.05) is 6.92 Å². The molecule has 3 aliphatic rings. The number of Topliss-reactive ketones (excluding diaryl/α,β-unsaturated/α-hetero) is 1. The number of hydrogen-bond acceptors (Lipinski definition) is 3. The lowest BCUT2D eigenvalue weighted by molar-refractivity contribution is -0.153. The van der Waals surface area contributed by atoms with Crippen LogP contribution in [0.1, 0.15) is 66.2 Å². The van der Waals surface area contributed by atoms with Crippen molar-refractivity contribution < 1.29 is 19.4 Å². The van der Waals surface area contributed by atoms with E-state index < -0.39 is 5.97 Å². The first kappa shape index (κ1) is 17.7. The van der Waals surface area contributed by atoms with Crippen molar-refractivity contribution in [2.45, 2.75) is 71.8 Å². The zero-order chi connectivity index (χ0) is 17.8. The second-order valence-electron chi connectivity index (χ2n) is 9.02. The number of epoxide rings is 1. The van der Waals surface area contributed by atoms with Crippen LogP contribution in [0.2, 0.25) is 0 Å². The fraction of sp³-hybridized carbons (Fsp3) is 0.800. The van der Waals surface area contributed by atoms with Gasteiger partial charge in [-0.3, -0.25) is 4.79 Å². The third-order valence-corrected chi connectivity index (χ3v) is 7.28. The Balaban J connectivity index is 1.85. The molecule has 3 rings (SSSR count). The molecular formula is C20H30O4. The Morgan fingerprint density at radius 2 is 2.00 bits per heavy atom. The van der Waals surface area contributed by atoms with Crippen molar-refractivity contribution >= 4 is 11.8 Å². The molecule has 4 heteroatoms. The second kappa shape index (κ2) is 5.69. The summed E-state index contributed by atoms with van der Waals surface area (Å²) < 4.78 is 5.95. The number of ether oxygens (including phenoxy) is 1. The summed E-state index contributed by atoms with van der Waals surface area (Å²) in [6, 6.07) is 0. The van der Waals surface area contributed by atoms with Gasteiger partial charge in [0.2, 0.25) is 0 Å². The number of aliphatic carboxylic acids is 1. The lowest BCUT2D eigenvalue weighted by Gasteiger charge is -2.58. The van der Waals surface area contributed by atoms with E-state index in [1.165, 1.54) is 6.08 Å². The number of hydrogen-bond donors (Lipinski definition) is 1. The molecule has 1 saturated heterocycles. The van der Waals surface area contributed by atoms with Crippen molar-refractivity contribution in [3.8, 4) is 0 Å². The van der Waals surface area contributed by atoms with Crippen LogP contribution in [0, 0.1) is 22.7 Å². The SMILES string of the molecule is CC(=CC(=O)O)CCC1C2(CCC3C(C)(C)C(=O)CCC13C)CO2. The monoisotopic (exact) mass is 334 g/mol.